The Hall–Kier alpha value is -1.59. The van der Waals surface area contributed by atoms with Crippen molar-refractivity contribution < 1.29 is 4.74 Å². The quantitative estimate of drug-likeness (QED) is 0.553. The Morgan fingerprint density at radius 2 is 2.00 bits per heavy atom. The molecule has 0 unspecified atom stereocenters. The number of benzene rings is 1. The molecular weight excluding hydrogens is 230 g/mol. The molecule has 0 radical (unpaired) electrons. The molecule has 0 aliphatic heterocycles. The standard InChI is InChI=1S/C13H19N3O2/c1-13(2,7-14-8-18-3)9-4-5-10-11(6-9)16-12(17)15-10/h4-6,14H,7-8H2,1-3H3,(H2,15,16,17). The number of aromatic amines is 2. The van der Waals surface area contributed by atoms with Gasteiger partial charge < -0.3 is 14.7 Å². The average molecular weight is 249 g/mol. The van der Waals surface area contributed by atoms with Gasteiger partial charge in [-0.15, -0.1) is 0 Å². The minimum absolute atomic E-state index is 0.0269. The van der Waals surface area contributed by atoms with Crippen LogP contribution in [0.1, 0.15) is 19.4 Å². The maximum atomic E-state index is 11.2. The summed E-state index contributed by atoms with van der Waals surface area (Å²) in [5.74, 6) is 0. The van der Waals surface area contributed by atoms with Gasteiger partial charge in [-0.25, -0.2) is 4.79 Å². The van der Waals surface area contributed by atoms with Crippen molar-refractivity contribution in [3.63, 3.8) is 0 Å². The summed E-state index contributed by atoms with van der Waals surface area (Å²) in [6, 6.07) is 5.99. The SMILES string of the molecule is COCNCC(C)(C)c1ccc2[nH]c(=O)[nH]c2c1. The third-order valence-electron chi connectivity index (χ3n) is 3.11. The highest BCUT2D eigenvalue weighted by atomic mass is 16.5. The first kappa shape index (κ1) is 12.9. The van der Waals surface area contributed by atoms with Crippen LogP contribution in [0.15, 0.2) is 23.0 Å². The van der Waals surface area contributed by atoms with E-state index in [4.69, 9.17) is 4.74 Å². The molecule has 0 fully saturated rings. The van der Waals surface area contributed by atoms with Crippen molar-refractivity contribution in [3.05, 3.63) is 34.2 Å². The fourth-order valence-corrected chi connectivity index (χ4v) is 2.02. The van der Waals surface area contributed by atoms with E-state index in [0.29, 0.717) is 6.73 Å². The van der Waals surface area contributed by atoms with Crippen molar-refractivity contribution >= 4 is 11.0 Å². The first-order valence-electron chi connectivity index (χ1n) is 5.95. The van der Waals surface area contributed by atoms with Crippen LogP contribution in [0.2, 0.25) is 0 Å². The monoisotopic (exact) mass is 249 g/mol. The van der Waals surface area contributed by atoms with Crippen LogP contribution in [0, 0.1) is 0 Å². The molecule has 3 N–H and O–H groups in total. The molecule has 0 saturated heterocycles. The second kappa shape index (κ2) is 4.96. The second-order valence-corrected chi connectivity index (χ2v) is 5.08. The maximum Gasteiger partial charge on any atom is 0.323 e. The van der Waals surface area contributed by atoms with Crippen LogP contribution in [0.25, 0.3) is 11.0 Å². The lowest BCUT2D eigenvalue weighted by atomic mass is 9.84. The number of methoxy groups -OCH3 is 1. The molecular formula is C13H19N3O2. The zero-order valence-corrected chi connectivity index (χ0v) is 11.0. The first-order chi connectivity index (χ1) is 8.53. The number of H-pyrrole nitrogens is 2. The van der Waals surface area contributed by atoms with Crippen molar-refractivity contribution in [2.45, 2.75) is 19.3 Å². The molecule has 18 heavy (non-hydrogen) atoms. The van der Waals surface area contributed by atoms with Crippen LogP contribution < -0.4 is 11.0 Å². The lowest BCUT2D eigenvalue weighted by Gasteiger charge is -2.25. The van der Waals surface area contributed by atoms with Crippen LogP contribution in [0.4, 0.5) is 0 Å². The molecule has 98 valence electrons. The number of ether oxygens (including phenoxy) is 1. The molecule has 1 aromatic carbocycles. The van der Waals surface area contributed by atoms with Crippen molar-refractivity contribution in [2.24, 2.45) is 0 Å². The summed E-state index contributed by atoms with van der Waals surface area (Å²) in [6.45, 7) is 5.65. The summed E-state index contributed by atoms with van der Waals surface area (Å²) in [4.78, 5) is 16.7. The van der Waals surface area contributed by atoms with Gasteiger partial charge in [0.25, 0.3) is 0 Å². The van der Waals surface area contributed by atoms with Gasteiger partial charge in [-0.2, -0.15) is 0 Å². The molecule has 0 atom stereocenters. The summed E-state index contributed by atoms with van der Waals surface area (Å²) < 4.78 is 4.98. The van der Waals surface area contributed by atoms with E-state index in [1.807, 2.05) is 18.2 Å². The van der Waals surface area contributed by atoms with Crippen LogP contribution >= 0.6 is 0 Å². The minimum atomic E-state index is -0.169. The van der Waals surface area contributed by atoms with Gasteiger partial charge in [-0.1, -0.05) is 19.9 Å². The van der Waals surface area contributed by atoms with Crippen LogP contribution in [-0.2, 0) is 10.2 Å². The topological polar surface area (TPSA) is 69.9 Å². The van der Waals surface area contributed by atoms with E-state index < -0.39 is 0 Å². The lowest BCUT2D eigenvalue weighted by molar-refractivity contribution is 0.169. The molecule has 5 heteroatoms. The Balaban J connectivity index is 2.25. The van der Waals surface area contributed by atoms with Crippen molar-refractivity contribution in [2.75, 3.05) is 20.4 Å². The zero-order chi connectivity index (χ0) is 13.2. The lowest BCUT2D eigenvalue weighted by Crippen LogP contribution is -2.33. The Morgan fingerprint density at radius 1 is 1.28 bits per heavy atom. The zero-order valence-electron chi connectivity index (χ0n) is 11.0. The van der Waals surface area contributed by atoms with Gasteiger partial charge in [-0.3, -0.25) is 5.32 Å². The van der Waals surface area contributed by atoms with E-state index in [0.717, 1.165) is 17.6 Å². The second-order valence-electron chi connectivity index (χ2n) is 5.08. The fraction of sp³-hybridized carbons (Fsp3) is 0.462. The Kier molecular flexibility index (Phi) is 3.54. The van der Waals surface area contributed by atoms with E-state index >= 15 is 0 Å². The van der Waals surface area contributed by atoms with Crippen LogP contribution in [0.5, 0.6) is 0 Å². The van der Waals surface area contributed by atoms with Gasteiger partial charge in [0, 0.05) is 19.1 Å². The first-order valence-corrected chi connectivity index (χ1v) is 5.95. The number of fused-ring (bicyclic) bond motifs is 1. The predicted octanol–water partition coefficient (Wildman–Crippen LogP) is 1.33. The third kappa shape index (κ3) is 2.63. The summed E-state index contributed by atoms with van der Waals surface area (Å²) in [5.41, 5.74) is 2.66. The number of hydrogen-bond acceptors (Lipinski definition) is 3. The van der Waals surface area contributed by atoms with Gasteiger partial charge in [-0.05, 0) is 17.7 Å². The van der Waals surface area contributed by atoms with Gasteiger partial charge in [0.1, 0.15) is 0 Å². The van der Waals surface area contributed by atoms with E-state index in [1.54, 1.807) is 7.11 Å². The maximum absolute atomic E-state index is 11.2. The number of imidazole rings is 1. The minimum Gasteiger partial charge on any atom is -0.370 e. The molecule has 0 amide bonds. The highest BCUT2D eigenvalue weighted by molar-refractivity contribution is 5.75. The third-order valence-corrected chi connectivity index (χ3v) is 3.11. The largest absolute Gasteiger partial charge is 0.370 e. The van der Waals surface area contributed by atoms with Crippen molar-refractivity contribution in [1.29, 1.82) is 0 Å². The Morgan fingerprint density at radius 3 is 2.72 bits per heavy atom. The van der Waals surface area contributed by atoms with E-state index in [1.165, 1.54) is 5.56 Å². The number of rotatable bonds is 5. The number of hydrogen-bond donors (Lipinski definition) is 3. The van der Waals surface area contributed by atoms with Crippen LogP contribution in [-0.4, -0.2) is 30.4 Å². The summed E-state index contributed by atoms with van der Waals surface area (Å²) in [7, 11) is 1.66. The summed E-state index contributed by atoms with van der Waals surface area (Å²) >= 11 is 0. The molecule has 0 spiro atoms. The Bertz CT molecular complexity index is 583. The molecule has 2 aromatic rings. The molecule has 0 aliphatic rings. The van der Waals surface area contributed by atoms with Gasteiger partial charge in [0.2, 0.25) is 0 Å². The molecule has 0 saturated carbocycles. The van der Waals surface area contributed by atoms with Gasteiger partial charge >= 0.3 is 5.69 Å². The highest BCUT2D eigenvalue weighted by Crippen LogP contribution is 2.24. The molecule has 1 heterocycles. The highest BCUT2D eigenvalue weighted by Gasteiger charge is 2.20. The molecule has 1 aromatic heterocycles. The van der Waals surface area contributed by atoms with Crippen molar-refractivity contribution in [1.82, 2.24) is 15.3 Å². The normalized spacial score (nSPS) is 12.2. The summed E-state index contributed by atoms with van der Waals surface area (Å²) in [5, 5.41) is 3.23. The van der Waals surface area contributed by atoms with Crippen LogP contribution in [0.3, 0.4) is 0 Å². The van der Waals surface area contributed by atoms with E-state index in [2.05, 4.69) is 29.1 Å². The van der Waals surface area contributed by atoms with Gasteiger partial charge in [0.05, 0.1) is 17.8 Å². The average Bonchev–Trinajstić information content (AvgIpc) is 2.68. The van der Waals surface area contributed by atoms with Crippen molar-refractivity contribution in [3.8, 4) is 0 Å². The van der Waals surface area contributed by atoms with E-state index in [-0.39, 0.29) is 11.1 Å². The smallest absolute Gasteiger partial charge is 0.323 e. The molecule has 5 nitrogen and oxygen atoms in total. The van der Waals surface area contributed by atoms with Gasteiger partial charge in [0.15, 0.2) is 0 Å². The molecule has 0 aliphatic carbocycles. The predicted molar refractivity (Wildman–Crippen MR) is 71.8 cm³/mol. The molecule has 0 bridgehead atoms. The number of aromatic nitrogens is 2. The Labute approximate surface area is 106 Å². The van der Waals surface area contributed by atoms with E-state index in [9.17, 15) is 4.79 Å². The number of nitrogens with one attached hydrogen (secondary N) is 3. The molecule has 2 rings (SSSR count). The summed E-state index contributed by atoms with van der Waals surface area (Å²) in [6.07, 6.45) is 0. The fourth-order valence-electron chi connectivity index (χ4n) is 2.02.